The smallest absolute Gasteiger partial charge is 0.335 e. The number of carboxylic acid groups (broad SMARTS) is 1. The van der Waals surface area contributed by atoms with Gasteiger partial charge < -0.3 is 9.67 Å². The molecule has 4 bridgehead atoms. The van der Waals surface area contributed by atoms with Crippen molar-refractivity contribution in [1.82, 2.24) is 9.55 Å². The average molecular weight is 336 g/mol. The van der Waals surface area contributed by atoms with Crippen molar-refractivity contribution in [2.75, 3.05) is 0 Å². The zero-order valence-corrected chi connectivity index (χ0v) is 14.4. The zero-order valence-electron chi connectivity index (χ0n) is 14.4. The molecule has 0 aliphatic heterocycles. The summed E-state index contributed by atoms with van der Waals surface area (Å²) in [5, 5.41) is 9.06. The molecule has 0 unspecified atom stereocenters. The van der Waals surface area contributed by atoms with Crippen LogP contribution >= 0.6 is 0 Å². The van der Waals surface area contributed by atoms with Crippen LogP contribution < -0.4 is 0 Å². The molecule has 4 heteroatoms. The molecule has 0 amide bonds. The Bertz CT molecular complexity index is 770. The molecule has 25 heavy (non-hydrogen) atoms. The zero-order chi connectivity index (χ0) is 17.0. The van der Waals surface area contributed by atoms with E-state index >= 15 is 0 Å². The van der Waals surface area contributed by atoms with Crippen LogP contribution in [0.3, 0.4) is 0 Å². The number of carboxylic acids is 1. The number of imidazole rings is 1. The summed E-state index contributed by atoms with van der Waals surface area (Å²) in [4.78, 5) is 15.8. The van der Waals surface area contributed by atoms with Crippen molar-refractivity contribution in [2.24, 2.45) is 17.8 Å². The van der Waals surface area contributed by atoms with E-state index in [0.717, 1.165) is 29.9 Å². The van der Waals surface area contributed by atoms with E-state index in [1.54, 1.807) is 12.1 Å². The molecule has 1 heterocycles. The lowest BCUT2D eigenvalue weighted by Gasteiger charge is -2.56. The number of aromatic nitrogens is 2. The van der Waals surface area contributed by atoms with Gasteiger partial charge in [0, 0.05) is 24.4 Å². The molecule has 4 aliphatic rings. The standard InChI is InChI=1S/C21H24N2O2/c24-19(25)18-3-1-14(2-4-18)13-23-6-5-22-20(23)21-10-15-7-16(11-21)9-17(8-15)12-21/h1-6,15-17H,7-13H2,(H,24,25). The number of benzene rings is 1. The van der Waals surface area contributed by atoms with Crippen LogP contribution in [0.1, 0.15) is 60.3 Å². The van der Waals surface area contributed by atoms with Crippen LogP contribution in [0.25, 0.3) is 0 Å². The second-order valence-electron chi connectivity index (χ2n) is 8.58. The van der Waals surface area contributed by atoms with Crippen molar-refractivity contribution < 1.29 is 9.90 Å². The van der Waals surface area contributed by atoms with E-state index in [-0.39, 0.29) is 0 Å². The molecule has 0 saturated heterocycles. The quantitative estimate of drug-likeness (QED) is 0.914. The van der Waals surface area contributed by atoms with E-state index in [0.29, 0.717) is 11.0 Å². The van der Waals surface area contributed by atoms with Gasteiger partial charge in [-0.1, -0.05) is 12.1 Å². The van der Waals surface area contributed by atoms with Gasteiger partial charge in [0.15, 0.2) is 0 Å². The number of aromatic carboxylic acids is 1. The number of hydrogen-bond acceptors (Lipinski definition) is 2. The van der Waals surface area contributed by atoms with Gasteiger partial charge >= 0.3 is 5.97 Å². The first-order valence-electron chi connectivity index (χ1n) is 9.45. The van der Waals surface area contributed by atoms with Gasteiger partial charge in [-0.05, 0) is 74.0 Å². The van der Waals surface area contributed by atoms with Crippen LogP contribution in [0.2, 0.25) is 0 Å². The highest BCUT2D eigenvalue weighted by Crippen LogP contribution is 2.60. The first-order chi connectivity index (χ1) is 12.1. The van der Waals surface area contributed by atoms with E-state index in [1.165, 1.54) is 44.3 Å². The maximum absolute atomic E-state index is 11.0. The van der Waals surface area contributed by atoms with E-state index < -0.39 is 5.97 Å². The minimum absolute atomic E-state index is 0.291. The molecule has 0 atom stereocenters. The second kappa shape index (κ2) is 5.45. The number of hydrogen-bond donors (Lipinski definition) is 1. The lowest BCUT2D eigenvalue weighted by atomic mass is 9.49. The number of rotatable bonds is 4. The minimum Gasteiger partial charge on any atom is -0.478 e. The summed E-state index contributed by atoms with van der Waals surface area (Å²) in [5.74, 6) is 3.13. The first-order valence-corrected chi connectivity index (χ1v) is 9.45. The van der Waals surface area contributed by atoms with Gasteiger partial charge in [0.1, 0.15) is 5.82 Å². The van der Waals surface area contributed by atoms with Crippen LogP contribution in [0.5, 0.6) is 0 Å². The second-order valence-corrected chi connectivity index (χ2v) is 8.58. The van der Waals surface area contributed by atoms with Crippen molar-refractivity contribution in [2.45, 2.75) is 50.5 Å². The monoisotopic (exact) mass is 336 g/mol. The SMILES string of the molecule is O=C(O)c1ccc(Cn2ccnc2C23CC4CC(CC(C4)C2)C3)cc1. The molecule has 4 nitrogen and oxygen atoms in total. The molecule has 4 saturated carbocycles. The number of carbonyl (C=O) groups is 1. The molecule has 0 spiro atoms. The molecule has 130 valence electrons. The maximum Gasteiger partial charge on any atom is 0.335 e. The molecule has 4 fully saturated rings. The first kappa shape index (κ1) is 15.2. The molecule has 1 aromatic heterocycles. The molecule has 6 rings (SSSR count). The lowest BCUT2D eigenvalue weighted by Crippen LogP contribution is -2.49. The fourth-order valence-corrected chi connectivity index (χ4v) is 6.23. The van der Waals surface area contributed by atoms with E-state index in [9.17, 15) is 4.79 Å². The molecular weight excluding hydrogens is 312 g/mol. The summed E-state index contributed by atoms with van der Waals surface area (Å²) in [6.07, 6.45) is 12.3. The molecular formula is C21H24N2O2. The third-order valence-corrected chi connectivity index (χ3v) is 6.78. The predicted molar refractivity (Wildman–Crippen MR) is 94.6 cm³/mol. The Morgan fingerprint density at radius 3 is 2.24 bits per heavy atom. The lowest BCUT2D eigenvalue weighted by molar-refractivity contribution is -0.0108. The Balaban J connectivity index is 1.43. The number of nitrogens with zero attached hydrogens (tertiary/aromatic N) is 2. The average Bonchev–Trinajstić information content (AvgIpc) is 3.03. The fourth-order valence-electron chi connectivity index (χ4n) is 6.23. The van der Waals surface area contributed by atoms with Crippen molar-refractivity contribution >= 4 is 5.97 Å². The van der Waals surface area contributed by atoms with Gasteiger partial charge in [0.25, 0.3) is 0 Å². The highest BCUT2D eigenvalue weighted by Gasteiger charge is 2.53. The van der Waals surface area contributed by atoms with E-state index in [4.69, 9.17) is 10.1 Å². The highest BCUT2D eigenvalue weighted by atomic mass is 16.4. The van der Waals surface area contributed by atoms with E-state index in [1.807, 2.05) is 18.3 Å². The molecule has 1 aromatic carbocycles. The van der Waals surface area contributed by atoms with Crippen molar-refractivity contribution in [3.05, 3.63) is 53.6 Å². The largest absolute Gasteiger partial charge is 0.478 e. The summed E-state index contributed by atoms with van der Waals surface area (Å²) in [7, 11) is 0. The summed E-state index contributed by atoms with van der Waals surface area (Å²) in [6, 6.07) is 7.23. The Hall–Kier alpha value is -2.10. The Labute approximate surface area is 147 Å². The Kier molecular flexibility index (Phi) is 3.31. The minimum atomic E-state index is -0.872. The van der Waals surface area contributed by atoms with Gasteiger partial charge in [0.2, 0.25) is 0 Å². The summed E-state index contributed by atoms with van der Waals surface area (Å²) in [5.41, 5.74) is 1.77. The molecule has 0 radical (unpaired) electrons. The Morgan fingerprint density at radius 1 is 1.08 bits per heavy atom. The third kappa shape index (κ3) is 2.50. The molecule has 4 aliphatic carbocycles. The van der Waals surface area contributed by atoms with Gasteiger partial charge in [-0.25, -0.2) is 9.78 Å². The van der Waals surface area contributed by atoms with Gasteiger partial charge in [-0.3, -0.25) is 0 Å². The Morgan fingerprint density at radius 2 is 1.68 bits per heavy atom. The highest BCUT2D eigenvalue weighted by molar-refractivity contribution is 5.87. The van der Waals surface area contributed by atoms with E-state index in [2.05, 4.69) is 10.8 Å². The summed E-state index contributed by atoms with van der Waals surface area (Å²) in [6.45, 7) is 0.775. The van der Waals surface area contributed by atoms with Crippen LogP contribution in [0.4, 0.5) is 0 Å². The topological polar surface area (TPSA) is 55.1 Å². The fraction of sp³-hybridized carbons (Fsp3) is 0.524. The van der Waals surface area contributed by atoms with Crippen LogP contribution in [-0.2, 0) is 12.0 Å². The summed E-state index contributed by atoms with van der Waals surface area (Å²) >= 11 is 0. The summed E-state index contributed by atoms with van der Waals surface area (Å²) < 4.78 is 2.31. The van der Waals surface area contributed by atoms with Crippen LogP contribution in [0, 0.1) is 17.8 Å². The van der Waals surface area contributed by atoms with Gasteiger partial charge in [-0.15, -0.1) is 0 Å². The normalized spacial score (nSPS) is 32.9. The van der Waals surface area contributed by atoms with Crippen molar-refractivity contribution in [1.29, 1.82) is 0 Å². The van der Waals surface area contributed by atoms with Gasteiger partial charge in [0.05, 0.1) is 5.56 Å². The van der Waals surface area contributed by atoms with Crippen LogP contribution in [0.15, 0.2) is 36.7 Å². The van der Waals surface area contributed by atoms with Crippen molar-refractivity contribution in [3.8, 4) is 0 Å². The predicted octanol–water partition coefficient (Wildman–Crippen LogP) is 4.10. The molecule has 1 N–H and O–H groups in total. The van der Waals surface area contributed by atoms with Crippen molar-refractivity contribution in [3.63, 3.8) is 0 Å². The van der Waals surface area contributed by atoms with Crippen LogP contribution in [-0.4, -0.2) is 20.6 Å². The molecule has 2 aromatic rings. The third-order valence-electron chi connectivity index (χ3n) is 6.78. The van der Waals surface area contributed by atoms with Gasteiger partial charge in [-0.2, -0.15) is 0 Å². The maximum atomic E-state index is 11.0.